The molecule has 1 aromatic carbocycles. The Kier molecular flexibility index (Phi) is 4.57. The SMILES string of the molecule is Cc1ccc(C(O)C(O)CCS)c(F)c1. The average Bonchev–Trinajstić information content (AvgIpc) is 2.17. The van der Waals surface area contributed by atoms with E-state index in [0.29, 0.717) is 12.2 Å². The number of thiol groups is 1. The van der Waals surface area contributed by atoms with Gasteiger partial charge in [-0.15, -0.1) is 0 Å². The van der Waals surface area contributed by atoms with E-state index in [4.69, 9.17) is 0 Å². The van der Waals surface area contributed by atoms with Crippen molar-refractivity contribution < 1.29 is 14.6 Å². The van der Waals surface area contributed by atoms with Crippen LogP contribution in [0.4, 0.5) is 4.39 Å². The molecule has 2 unspecified atom stereocenters. The summed E-state index contributed by atoms with van der Waals surface area (Å²) in [5, 5.41) is 19.2. The van der Waals surface area contributed by atoms with E-state index >= 15 is 0 Å². The van der Waals surface area contributed by atoms with Gasteiger partial charge in [0.05, 0.1) is 6.10 Å². The largest absolute Gasteiger partial charge is 0.390 e. The third kappa shape index (κ3) is 3.19. The van der Waals surface area contributed by atoms with Crippen molar-refractivity contribution in [2.45, 2.75) is 25.6 Å². The topological polar surface area (TPSA) is 40.5 Å². The first-order chi connectivity index (χ1) is 7.06. The van der Waals surface area contributed by atoms with E-state index in [9.17, 15) is 14.6 Å². The molecule has 0 fully saturated rings. The summed E-state index contributed by atoms with van der Waals surface area (Å²) < 4.78 is 13.4. The lowest BCUT2D eigenvalue weighted by molar-refractivity contribution is 0.0151. The Morgan fingerprint density at radius 3 is 2.60 bits per heavy atom. The molecular weight excluding hydrogens is 215 g/mol. The Bertz CT molecular complexity index is 330. The molecular formula is C11H15FO2S. The molecule has 15 heavy (non-hydrogen) atoms. The van der Waals surface area contributed by atoms with Gasteiger partial charge in [-0.2, -0.15) is 12.6 Å². The molecule has 0 bridgehead atoms. The van der Waals surface area contributed by atoms with Gasteiger partial charge < -0.3 is 10.2 Å². The molecule has 2 N–H and O–H groups in total. The van der Waals surface area contributed by atoms with Gasteiger partial charge in [0, 0.05) is 5.56 Å². The summed E-state index contributed by atoms with van der Waals surface area (Å²) in [6.07, 6.45) is -1.82. The maximum absolute atomic E-state index is 13.4. The van der Waals surface area contributed by atoms with Crippen LogP contribution < -0.4 is 0 Å². The fourth-order valence-electron chi connectivity index (χ4n) is 1.37. The third-order valence-electron chi connectivity index (χ3n) is 2.26. The number of benzene rings is 1. The van der Waals surface area contributed by atoms with Crippen LogP contribution in [0.25, 0.3) is 0 Å². The lowest BCUT2D eigenvalue weighted by atomic mass is 10.0. The fraction of sp³-hybridized carbons (Fsp3) is 0.455. The molecule has 4 heteroatoms. The monoisotopic (exact) mass is 230 g/mol. The zero-order valence-electron chi connectivity index (χ0n) is 8.52. The Hall–Kier alpha value is -0.580. The minimum absolute atomic E-state index is 0.134. The predicted molar refractivity (Wildman–Crippen MR) is 60.6 cm³/mol. The molecule has 0 heterocycles. The van der Waals surface area contributed by atoms with Crippen molar-refractivity contribution >= 4 is 12.6 Å². The summed E-state index contributed by atoms with van der Waals surface area (Å²) >= 11 is 3.94. The standard InChI is InChI=1S/C11H15FO2S/c1-7-2-3-8(9(12)6-7)11(14)10(13)4-5-15/h2-3,6,10-11,13-15H,4-5H2,1H3. The van der Waals surface area contributed by atoms with Gasteiger partial charge in [0.2, 0.25) is 0 Å². The van der Waals surface area contributed by atoms with Gasteiger partial charge in [-0.25, -0.2) is 4.39 Å². The maximum Gasteiger partial charge on any atom is 0.129 e. The normalized spacial score (nSPS) is 15.0. The third-order valence-corrected chi connectivity index (χ3v) is 2.52. The van der Waals surface area contributed by atoms with E-state index < -0.39 is 18.0 Å². The summed E-state index contributed by atoms with van der Waals surface area (Å²) in [7, 11) is 0. The van der Waals surface area contributed by atoms with Crippen LogP contribution >= 0.6 is 12.6 Å². The van der Waals surface area contributed by atoms with E-state index in [0.717, 1.165) is 5.56 Å². The second kappa shape index (κ2) is 5.49. The van der Waals surface area contributed by atoms with Crippen molar-refractivity contribution in [3.63, 3.8) is 0 Å². The lowest BCUT2D eigenvalue weighted by Crippen LogP contribution is -2.19. The highest BCUT2D eigenvalue weighted by molar-refractivity contribution is 7.80. The van der Waals surface area contributed by atoms with Crippen molar-refractivity contribution in [1.29, 1.82) is 0 Å². The highest BCUT2D eigenvalue weighted by Crippen LogP contribution is 2.22. The van der Waals surface area contributed by atoms with Gasteiger partial charge in [-0.3, -0.25) is 0 Å². The van der Waals surface area contributed by atoms with E-state index in [1.165, 1.54) is 12.1 Å². The molecule has 1 rings (SSSR count). The predicted octanol–water partition coefficient (Wildman–Crippen LogP) is 1.85. The summed E-state index contributed by atoms with van der Waals surface area (Å²) in [4.78, 5) is 0. The first-order valence-corrected chi connectivity index (χ1v) is 5.42. The van der Waals surface area contributed by atoms with Gasteiger partial charge >= 0.3 is 0 Å². The van der Waals surface area contributed by atoms with Crippen LogP contribution in [0.15, 0.2) is 18.2 Å². The number of hydrogen-bond acceptors (Lipinski definition) is 3. The first-order valence-electron chi connectivity index (χ1n) is 4.79. The van der Waals surface area contributed by atoms with E-state index in [2.05, 4.69) is 12.6 Å². The first kappa shape index (κ1) is 12.5. The van der Waals surface area contributed by atoms with Gasteiger partial charge in [0.1, 0.15) is 11.9 Å². The van der Waals surface area contributed by atoms with Crippen LogP contribution in [-0.2, 0) is 0 Å². The Balaban J connectivity index is 2.86. The van der Waals surface area contributed by atoms with Gasteiger partial charge in [-0.05, 0) is 30.7 Å². The number of rotatable bonds is 4. The molecule has 0 aliphatic heterocycles. The van der Waals surface area contributed by atoms with Crippen molar-refractivity contribution in [3.05, 3.63) is 35.1 Å². The zero-order chi connectivity index (χ0) is 11.4. The number of aliphatic hydroxyl groups is 2. The van der Waals surface area contributed by atoms with Gasteiger partial charge in [0.15, 0.2) is 0 Å². The Morgan fingerprint density at radius 1 is 1.40 bits per heavy atom. The second-order valence-electron chi connectivity index (χ2n) is 3.55. The molecule has 1 aromatic rings. The highest BCUT2D eigenvalue weighted by Gasteiger charge is 2.20. The van der Waals surface area contributed by atoms with Gasteiger partial charge in [0.25, 0.3) is 0 Å². The fourth-order valence-corrected chi connectivity index (χ4v) is 1.63. The Morgan fingerprint density at radius 2 is 2.07 bits per heavy atom. The number of hydrogen-bond donors (Lipinski definition) is 3. The van der Waals surface area contributed by atoms with Gasteiger partial charge in [-0.1, -0.05) is 12.1 Å². The minimum atomic E-state index is -1.18. The molecule has 0 spiro atoms. The van der Waals surface area contributed by atoms with E-state index in [-0.39, 0.29) is 5.56 Å². The molecule has 0 aliphatic rings. The summed E-state index contributed by atoms with van der Waals surface area (Å²) in [6, 6.07) is 4.54. The number of aliphatic hydroxyl groups excluding tert-OH is 2. The molecule has 0 aromatic heterocycles. The molecule has 0 radical (unpaired) electrons. The smallest absolute Gasteiger partial charge is 0.129 e. The second-order valence-corrected chi connectivity index (χ2v) is 4.00. The molecule has 84 valence electrons. The minimum Gasteiger partial charge on any atom is -0.390 e. The number of halogens is 1. The van der Waals surface area contributed by atoms with Crippen molar-refractivity contribution in [2.75, 3.05) is 5.75 Å². The number of aryl methyl sites for hydroxylation is 1. The van der Waals surface area contributed by atoms with Crippen molar-refractivity contribution in [2.24, 2.45) is 0 Å². The average molecular weight is 230 g/mol. The maximum atomic E-state index is 13.4. The van der Waals surface area contributed by atoms with Crippen molar-refractivity contribution in [1.82, 2.24) is 0 Å². The Labute approximate surface area is 94.2 Å². The van der Waals surface area contributed by atoms with Crippen LogP contribution in [0, 0.1) is 12.7 Å². The van der Waals surface area contributed by atoms with Crippen LogP contribution in [0.1, 0.15) is 23.7 Å². The lowest BCUT2D eigenvalue weighted by Gasteiger charge is -2.18. The molecule has 2 nitrogen and oxygen atoms in total. The molecule has 0 amide bonds. The van der Waals surface area contributed by atoms with Crippen LogP contribution in [0.3, 0.4) is 0 Å². The molecule has 0 aliphatic carbocycles. The van der Waals surface area contributed by atoms with E-state index in [1.54, 1.807) is 13.0 Å². The summed E-state index contributed by atoms with van der Waals surface area (Å²) in [6.45, 7) is 1.77. The molecule has 0 saturated carbocycles. The van der Waals surface area contributed by atoms with E-state index in [1.807, 2.05) is 0 Å². The quantitative estimate of drug-likeness (QED) is 0.691. The summed E-state index contributed by atoms with van der Waals surface area (Å²) in [5.74, 6) is -0.0353. The highest BCUT2D eigenvalue weighted by atomic mass is 32.1. The molecule has 0 saturated heterocycles. The van der Waals surface area contributed by atoms with Crippen LogP contribution in [-0.4, -0.2) is 22.1 Å². The van der Waals surface area contributed by atoms with Crippen molar-refractivity contribution in [3.8, 4) is 0 Å². The summed E-state index contributed by atoms with van der Waals surface area (Å²) in [5.41, 5.74) is 0.919. The van der Waals surface area contributed by atoms with Crippen LogP contribution in [0.2, 0.25) is 0 Å². The molecule has 2 atom stereocenters. The zero-order valence-corrected chi connectivity index (χ0v) is 9.41. The van der Waals surface area contributed by atoms with Crippen LogP contribution in [0.5, 0.6) is 0 Å².